The fraction of sp³-hybridized carbons (Fsp3) is 0.421. The van der Waals surface area contributed by atoms with Crippen LogP contribution in [0.3, 0.4) is 0 Å². The molecule has 26 heavy (non-hydrogen) atoms. The van der Waals surface area contributed by atoms with Crippen LogP contribution >= 0.6 is 11.8 Å². The molecule has 1 aliphatic carbocycles. The van der Waals surface area contributed by atoms with Gasteiger partial charge in [-0.3, -0.25) is 4.79 Å². The minimum absolute atomic E-state index is 0.0778. The smallest absolute Gasteiger partial charge is 0.227 e. The molecular formula is C19H22N4O2S. The number of aromatic nitrogens is 3. The number of allylic oxidation sites excluding steroid dienone is 2. The zero-order chi connectivity index (χ0) is 18.5. The van der Waals surface area contributed by atoms with Crippen molar-refractivity contribution in [2.45, 2.75) is 44.8 Å². The number of nitrogens with zero attached hydrogens (tertiary/aromatic N) is 3. The molecule has 1 aliphatic heterocycles. The van der Waals surface area contributed by atoms with Crippen LogP contribution in [0.5, 0.6) is 5.75 Å². The summed E-state index contributed by atoms with van der Waals surface area (Å²) in [4.78, 5) is 17.6. The van der Waals surface area contributed by atoms with E-state index in [1.54, 1.807) is 28.6 Å². The second-order valence-corrected chi connectivity index (χ2v) is 8.78. The van der Waals surface area contributed by atoms with Crippen molar-refractivity contribution in [2.75, 3.05) is 11.1 Å². The van der Waals surface area contributed by atoms with Gasteiger partial charge in [0.1, 0.15) is 11.8 Å². The van der Waals surface area contributed by atoms with Crippen molar-refractivity contribution in [1.29, 1.82) is 0 Å². The number of nitrogens with one attached hydrogen (secondary N) is 1. The van der Waals surface area contributed by atoms with Gasteiger partial charge in [0.05, 0.1) is 0 Å². The van der Waals surface area contributed by atoms with Crippen LogP contribution in [0.4, 0.5) is 5.95 Å². The third-order valence-electron chi connectivity index (χ3n) is 4.79. The number of thioether (sulfide) groups is 1. The number of carbonyl (C=O) groups is 1. The molecule has 2 aliphatic rings. The summed E-state index contributed by atoms with van der Waals surface area (Å²) in [6.07, 6.45) is 1.31. The zero-order valence-electron chi connectivity index (χ0n) is 15.1. The van der Waals surface area contributed by atoms with E-state index in [4.69, 9.17) is 0 Å². The Kier molecular flexibility index (Phi) is 4.06. The minimum Gasteiger partial charge on any atom is -0.508 e. The molecule has 0 saturated heterocycles. The Morgan fingerprint density at radius 1 is 1.31 bits per heavy atom. The monoisotopic (exact) mass is 370 g/mol. The van der Waals surface area contributed by atoms with Gasteiger partial charge < -0.3 is 10.4 Å². The highest BCUT2D eigenvalue weighted by Gasteiger charge is 2.41. The van der Waals surface area contributed by atoms with Crippen LogP contribution in [-0.2, 0) is 4.79 Å². The maximum absolute atomic E-state index is 13.0. The molecule has 1 aromatic carbocycles. The fourth-order valence-corrected chi connectivity index (χ4v) is 4.30. The van der Waals surface area contributed by atoms with Crippen LogP contribution in [0.25, 0.3) is 0 Å². The fourth-order valence-electron chi connectivity index (χ4n) is 3.74. The molecule has 136 valence electrons. The van der Waals surface area contributed by atoms with E-state index in [2.05, 4.69) is 36.2 Å². The molecule has 4 rings (SSSR count). The Labute approximate surface area is 156 Å². The maximum atomic E-state index is 13.0. The molecule has 2 aromatic rings. The van der Waals surface area contributed by atoms with Crippen LogP contribution in [0.15, 0.2) is 40.7 Å². The molecular weight excluding hydrogens is 348 g/mol. The van der Waals surface area contributed by atoms with E-state index in [0.717, 1.165) is 29.0 Å². The Bertz CT molecular complexity index is 899. The lowest BCUT2D eigenvalue weighted by atomic mass is 9.73. The lowest BCUT2D eigenvalue weighted by Gasteiger charge is -2.38. The predicted molar refractivity (Wildman–Crippen MR) is 101 cm³/mol. The van der Waals surface area contributed by atoms with Gasteiger partial charge in [0.2, 0.25) is 11.1 Å². The number of rotatable bonds is 3. The number of Topliss-reactive ketones (excluding diaryl/α,β-unsaturated/α-hetero) is 1. The van der Waals surface area contributed by atoms with Gasteiger partial charge in [0.15, 0.2) is 5.78 Å². The lowest BCUT2D eigenvalue weighted by Crippen LogP contribution is -2.36. The summed E-state index contributed by atoms with van der Waals surface area (Å²) >= 11 is 1.58. The third-order valence-corrected chi connectivity index (χ3v) is 5.51. The number of benzene rings is 1. The normalized spacial score (nSPS) is 21.2. The van der Waals surface area contributed by atoms with Crippen molar-refractivity contribution in [3.05, 3.63) is 41.1 Å². The highest BCUT2D eigenvalue weighted by Crippen LogP contribution is 2.45. The molecule has 0 bridgehead atoms. The van der Waals surface area contributed by atoms with E-state index >= 15 is 0 Å². The predicted octanol–water partition coefficient (Wildman–Crippen LogP) is 3.75. The Morgan fingerprint density at radius 3 is 2.73 bits per heavy atom. The van der Waals surface area contributed by atoms with Crippen molar-refractivity contribution >= 4 is 23.5 Å². The highest BCUT2D eigenvalue weighted by atomic mass is 32.2. The van der Waals surface area contributed by atoms with Gasteiger partial charge in [-0.1, -0.05) is 44.7 Å². The van der Waals surface area contributed by atoms with Gasteiger partial charge in [-0.25, -0.2) is 4.68 Å². The summed E-state index contributed by atoms with van der Waals surface area (Å²) in [6, 6.07) is 6.67. The first-order chi connectivity index (χ1) is 12.4. The summed E-state index contributed by atoms with van der Waals surface area (Å²) in [7, 11) is 0. The van der Waals surface area contributed by atoms with Gasteiger partial charge in [0, 0.05) is 17.7 Å². The first-order valence-corrected chi connectivity index (χ1v) is 9.78. The summed E-state index contributed by atoms with van der Waals surface area (Å²) in [6.45, 7) is 6.29. The second-order valence-electron chi connectivity index (χ2n) is 7.55. The van der Waals surface area contributed by atoms with Crippen molar-refractivity contribution in [2.24, 2.45) is 5.41 Å². The third kappa shape index (κ3) is 2.90. The Hall–Kier alpha value is -2.28. The number of carbonyl (C=O) groups excluding carboxylic acids is 1. The SMILES string of the molecule is CCSc1nc2n(n1)[C@@H](c1ccc(O)cc1)C1=C(CC(C)(C)CC1=O)N2. The van der Waals surface area contributed by atoms with Crippen molar-refractivity contribution in [3.8, 4) is 5.75 Å². The van der Waals surface area contributed by atoms with Gasteiger partial charge in [-0.05, 0) is 35.3 Å². The molecule has 2 heterocycles. The number of ketones is 1. The van der Waals surface area contributed by atoms with E-state index in [-0.39, 0.29) is 23.0 Å². The maximum Gasteiger partial charge on any atom is 0.227 e. The van der Waals surface area contributed by atoms with E-state index in [9.17, 15) is 9.90 Å². The van der Waals surface area contributed by atoms with Crippen molar-refractivity contribution in [1.82, 2.24) is 14.8 Å². The number of hydrogen-bond donors (Lipinski definition) is 2. The molecule has 0 saturated carbocycles. The van der Waals surface area contributed by atoms with E-state index in [0.29, 0.717) is 17.5 Å². The number of phenols is 1. The summed E-state index contributed by atoms with van der Waals surface area (Å²) < 4.78 is 1.80. The van der Waals surface area contributed by atoms with Crippen LogP contribution in [0, 0.1) is 5.41 Å². The van der Waals surface area contributed by atoms with Gasteiger partial charge in [-0.2, -0.15) is 4.98 Å². The standard InChI is InChI=1S/C19H22N4O2S/c1-4-26-18-21-17-20-13-9-19(2,3)10-14(25)15(13)16(23(17)22-18)11-5-7-12(24)8-6-11/h5-8,16,24H,4,9-10H2,1-3H3,(H,20,21,22)/t16-/m0/s1. The van der Waals surface area contributed by atoms with Crippen LogP contribution in [0.2, 0.25) is 0 Å². The molecule has 0 fully saturated rings. The molecule has 1 aromatic heterocycles. The molecule has 6 nitrogen and oxygen atoms in total. The van der Waals surface area contributed by atoms with E-state index in [1.165, 1.54) is 0 Å². The summed E-state index contributed by atoms with van der Waals surface area (Å²) in [5, 5.41) is 18.3. The molecule has 7 heteroatoms. The van der Waals surface area contributed by atoms with Crippen molar-refractivity contribution < 1.29 is 9.90 Å². The summed E-state index contributed by atoms with van der Waals surface area (Å²) in [5.74, 6) is 1.90. The Balaban J connectivity index is 1.87. The zero-order valence-corrected chi connectivity index (χ0v) is 15.9. The molecule has 0 spiro atoms. The number of fused-ring (bicyclic) bond motifs is 1. The molecule has 2 N–H and O–H groups in total. The highest BCUT2D eigenvalue weighted by molar-refractivity contribution is 7.99. The lowest BCUT2D eigenvalue weighted by molar-refractivity contribution is -0.118. The van der Waals surface area contributed by atoms with Crippen LogP contribution < -0.4 is 5.32 Å². The Morgan fingerprint density at radius 2 is 2.04 bits per heavy atom. The van der Waals surface area contributed by atoms with Crippen LogP contribution in [0.1, 0.15) is 45.2 Å². The summed E-state index contributed by atoms with van der Waals surface area (Å²) in [5.41, 5.74) is 2.55. The molecule has 0 radical (unpaired) electrons. The van der Waals surface area contributed by atoms with Crippen LogP contribution in [-0.4, -0.2) is 31.4 Å². The molecule has 0 amide bonds. The van der Waals surface area contributed by atoms with Crippen molar-refractivity contribution in [3.63, 3.8) is 0 Å². The topological polar surface area (TPSA) is 80.0 Å². The van der Waals surface area contributed by atoms with Gasteiger partial charge in [-0.15, -0.1) is 5.10 Å². The van der Waals surface area contributed by atoms with E-state index in [1.807, 2.05) is 12.1 Å². The second kappa shape index (κ2) is 6.16. The molecule has 1 atom stereocenters. The first kappa shape index (κ1) is 17.1. The molecule has 0 unspecified atom stereocenters. The average molecular weight is 370 g/mol. The van der Waals surface area contributed by atoms with Gasteiger partial charge in [0.25, 0.3) is 0 Å². The minimum atomic E-state index is -0.316. The van der Waals surface area contributed by atoms with Gasteiger partial charge >= 0.3 is 0 Å². The number of phenolic OH excluding ortho intramolecular Hbond substituents is 1. The number of aromatic hydroxyl groups is 1. The van der Waals surface area contributed by atoms with E-state index < -0.39 is 0 Å². The quantitative estimate of drug-likeness (QED) is 0.801. The number of anilines is 1. The number of hydrogen-bond acceptors (Lipinski definition) is 6. The first-order valence-electron chi connectivity index (χ1n) is 8.79. The average Bonchev–Trinajstić information content (AvgIpc) is 2.95. The largest absolute Gasteiger partial charge is 0.508 e.